The van der Waals surface area contributed by atoms with E-state index >= 15 is 0 Å². The number of nitrogens with zero attached hydrogens (tertiary/aromatic N) is 4. The summed E-state index contributed by atoms with van der Waals surface area (Å²) in [5, 5.41) is 0.639. The van der Waals surface area contributed by atoms with E-state index in [1.54, 1.807) is 30.5 Å². The van der Waals surface area contributed by atoms with E-state index < -0.39 is 0 Å². The molecule has 1 fully saturated rings. The van der Waals surface area contributed by atoms with Gasteiger partial charge in [0.05, 0.1) is 17.2 Å². The molecule has 134 valence electrons. The van der Waals surface area contributed by atoms with Crippen molar-refractivity contribution in [1.82, 2.24) is 19.4 Å². The van der Waals surface area contributed by atoms with Gasteiger partial charge in [-0.15, -0.1) is 0 Å². The molecule has 1 aliphatic rings. The van der Waals surface area contributed by atoms with E-state index in [1.165, 1.54) is 0 Å². The van der Waals surface area contributed by atoms with Crippen molar-refractivity contribution < 1.29 is 4.79 Å². The Hall–Kier alpha value is -2.40. The van der Waals surface area contributed by atoms with Crippen molar-refractivity contribution in [3.63, 3.8) is 0 Å². The average Bonchev–Trinajstić information content (AvgIpc) is 3.26. The van der Waals surface area contributed by atoms with Crippen molar-refractivity contribution in [1.29, 1.82) is 0 Å². The number of hydrogen-bond donors (Lipinski definition) is 0. The lowest BCUT2D eigenvalue weighted by Gasteiger charge is -2.19. The van der Waals surface area contributed by atoms with Gasteiger partial charge in [-0.2, -0.15) is 0 Å². The second-order valence-corrected chi connectivity index (χ2v) is 7.48. The van der Waals surface area contributed by atoms with E-state index in [0.717, 1.165) is 29.8 Å². The highest BCUT2D eigenvalue weighted by Crippen LogP contribution is 2.32. The quantitative estimate of drug-likeness (QED) is 0.692. The molecule has 2 aromatic heterocycles. The molecule has 1 amide bonds. The van der Waals surface area contributed by atoms with Gasteiger partial charge < -0.3 is 9.47 Å². The first-order chi connectivity index (χ1) is 12.5. The number of fused-ring (bicyclic) bond motifs is 1. The van der Waals surface area contributed by atoms with Crippen molar-refractivity contribution in [3.05, 3.63) is 59.1 Å². The number of carbonyl (C=O) groups is 1. The van der Waals surface area contributed by atoms with Crippen LogP contribution in [0.5, 0.6) is 0 Å². The number of amides is 1. The Morgan fingerprint density at radius 3 is 2.73 bits per heavy atom. The normalized spacial score (nSPS) is 17.4. The Morgan fingerprint density at radius 1 is 1.23 bits per heavy atom. The lowest BCUT2D eigenvalue weighted by Crippen LogP contribution is -2.28. The number of hydrogen-bond acceptors (Lipinski definition) is 3. The zero-order valence-electron chi connectivity index (χ0n) is 14.9. The van der Waals surface area contributed by atoms with Crippen LogP contribution in [0.1, 0.15) is 48.4 Å². The Bertz CT molecular complexity index is 948. The minimum Gasteiger partial charge on any atom is -0.338 e. The molecular formula is C20H21ClN4O. The van der Waals surface area contributed by atoms with Gasteiger partial charge in [0.2, 0.25) is 0 Å². The summed E-state index contributed by atoms with van der Waals surface area (Å²) >= 11 is 5.92. The van der Waals surface area contributed by atoms with Crippen molar-refractivity contribution in [3.8, 4) is 0 Å². The molecule has 0 radical (unpaired) electrons. The van der Waals surface area contributed by atoms with Crippen LogP contribution < -0.4 is 0 Å². The number of carbonyl (C=O) groups excluding carboxylic acids is 1. The maximum absolute atomic E-state index is 12.8. The van der Waals surface area contributed by atoms with Gasteiger partial charge in [0.1, 0.15) is 5.82 Å². The van der Waals surface area contributed by atoms with Gasteiger partial charge in [0.25, 0.3) is 5.91 Å². The van der Waals surface area contributed by atoms with Crippen LogP contribution in [0.4, 0.5) is 0 Å². The standard InChI is InChI=1S/C20H21ClN4O/c1-13(2)25-18-11-22-9-7-17(18)23-19(25)15-8-10-24(12-15)20(26)14-3-5-16(21)6-4-14/h3-7,9,11,13,15H,8,10,12H2,1-2H3/t15-/m0/s1. The molecule has 1 atom stereocenters. The van der Waals surface area contributed by atoms with Gasteiger partial charge in [0, 0.05) is 41.8 Å². The zero-order valence-corrected chi connectivity index (χ0v) is 15.6. The molecule has 1 aliphatic heterocycles. The number of pyridine rings is 1. The minimum absolute atomic E-state index is 0.0537. The molecular weight excluding hydrogens is 348 g/mol. The van der Waals surface area contributed by atoms with E-state index in [4.69, 9.17) is 16.6 Å². The second-order valence-electron chi connectivity index (χ2n) is 7.04. The van der Waals surface area contributed by atoms with Crippen LogP contribution >= 0.6 is 11.6 Å². The van der Waals surface area contributed by atoms with Crippen LogP contribution in [0.3, 0.4) is 0 Å². The zero-order chi connectivity index (χ0) is 18.3. The predicted octanol–water partition coefficient (Wildman–Crippen LogP) is 4.30. The Morgan fingerprint density at radius 2 is 2.00 bits per heavy atom. The molecule has 0 bridgehead atoms. The molecule has 0 spiro atoms. The smallest absolute Gasteiger partial charge is 0.253 e. The topological polar surface area (TPSA) is 51.0 Å². The van der Waals surface area contributed by atoms with Crippen LogP contribution in [0.25, 0.3) is 11.0 Å². The summed E-state index contributed by atoms with van der Waals surface area (Å²) in [4.78, 5) is 23.8. The van der Waals surface area contributed by atoms with Crippen LogP contribution in [0.2, 0.25) is 5.02 Å². The summed E-state index contributed by atoms with van der Waals surface area (Å²) in [7, 11) is 0. The minimum atomic E-state index is 0.0537. The third-order valence-electron chi connectivity index (χ3n) is 4.97. The van der Waals surface area contributed by atoms with Crippen LogP contribution in [-0.4, -0.2) is 38.4 Å². The fraction of sp³-hybridized carbons (Fsp3) is 0.350. The van der Waals surface area contributed by atoms with Crippen LogP contribution in [0.15, 0.2) is 42.7 Å². The van der Waals surface area contributed by atoms with E-state index in [9.17, 15) is 4.79 Å². The summed E-state index contributed by atoms with van der Waals surface area (Å²) in [6, 6.07) is 9.32. The van der Waals surface area contributed by atoms with E-state index in [1.807, 2.05) is 17.2 Å². The van der Waals surface area contributed by atoms with Gasteiger partial charge in [-0.1, -0.05) is 11.6 Å². The molecule has 4 rings (SSSR count). The molecule has 3 heterocycles. The van der Waals surface area contributed by atoms with Crippen molar-refractivity contribution in [2.24, 2.45) is 0 Å². The first kappa shape index (κ1) is 17.0. The van der Waals surface area contributed by atoms with Crippen LogP contribution in [0, 0.1) is 0 Å². The molecule has 0 unspecified atom stereocenters. The van der Waals surface area contributed by atoms with Gasteiger partial charge in [0.15, 0.2) is 0 Å². The average molecular weight is 369 g/mol. The van der Waals surface area contributed by atoms with Crippen LogP contribution in [-0.2, 0) is 0 Å². The van der Waals surface area contributed by atoms with Gasteiger partial charge >= 0.3 is 0 Å². The van der Waals surface area contributed by atoms with Crippen molar-refractivity contribution in [2.75, 3.05) is 13.1 Å². The van der Waals surface area contributed by atoms with E-state index in [-0.39, 0.29) is 11.8 Å². The molecule has 1 saturated heterocycles. The third-order valence-corrected chi connectivity index (χ3v) is 5.22. The summed E-state index contributed by atoms with van der Waals surface area (Å²) in [6.45, 7) is 5.74. The van der Waals surface area contributed by atoms with Gasteiger partial charge in [-0.3, -0.25) is 9.78 Å². The highest BCUT2D eigenvalue weighted by Gasteiger charge is 2.31. The van der Waals surface area contributed by atoms with Gasteiger partial charge in [-0.25, -0.2) is 4.98 Å². The molecule has 0 aliphatic carbocycles. The molecule has 26 heavy (non-hydrogen) atoms. The first-order valence-electron chi connectivity index (χ1n) is 8.91. The monoisotopic (exact) mass is 368 g/mol. The number of halogens is 1. The maximum Gasteiger partial charge on any atom is 0.253 e. The lowest BCUT2D eigenvalue weighted by atomic mass is 10.1. The van der Waals surface area contributed by atoms with Crippen molar-refractivity contribution in [2.45, 2.75) is 32.2 Å². The molecule has 5 nitrogen and oxygen atoms in total. The number of rotatable bonds is 3. The lowest BCUT2D eigenvalue weighted by molar-refractivity contribution is 0.0790. The summed E-state index contributed by atoms with van der Waals surface area (Å²) < 4.78 is 2.25. The Labute approximate surface area is 157 Å². The van der Waals surface area contributed by atoms with Gasteiger partial charge in [-0.05, 0) is 50.6 Å². The number of benzene rings is 1. The second kappa shape index (κ2) is 6.72. The molecule has 1 aromatic carbocycles. The van der Waals surface area contributed by atoms with E-state index in [0.29, 0.717) is 23.2 Å². The molecule has 3 aromatic rings. The largest absolute Gasteiger partial charge is 0.338 e. The Balaban J connectivity index is 1.61. The summed E-state index contributed by atoms with van der Waals surface area (Å²) in [6.07, 6.45) is 4.56. The van der Waals surface area contributed by atoms with Crippen molar-refractivity contribution >= 4 is 28.5 Å². The summed E-state index contributed by atoms with van der Waals surface area (Å²) in [5.74, 6) is 1.34. The fourth-order valence-electron chi connectivity index (χ4n) is 3.72. The number of likely N-dealkylation sites (tertiary alicyclic amines) is 1. The number of aromatic nitrogens is 3. The molecule has 6 heteroatoms. The van der Waals surface area contributed by atoms with E-state index in [2.05, 4.69) is 23.4 Å². The molecule has 0 N–H and O–H groups in total. The Kier molecular flexibility index (Phi) is 4.41. The molecule has 0 saturated carbocycles. The number of imidazole rings is 1. The first-order valence-corrected chi connectivity index (χ1v) is 9.29. The predicted molar refractivity (Wildman–Crippen MR) is 103 cm³/mol. The fourth-order valence-corrected chi connectivity index (χ4v) is 3.85. The summed E-state index contributed by atoms with van der Waals surface area (Å²) in [5.41, 5.74) is 2.70. The highest BCUT2D eigenvalue weighted by molar-refractivity contribution is 6.30. The third kappa shape index (κ3) is 2.97. The highest BCUT2D eigenvalue weighted by atomic mass is 35.5. The SMILES string of the molecule is CC(C)n1c([C@H]2CCN(C(=O)c3ccc(Cl)cc3)C2)nc2ccncc21. The maximum atomic E-state index is 12.8.